The number of nitrogens with two attached hydrogens (primary N) is 1. The Morgan fingerprint density at radius 2 is 1.79 bits per heavy atom. The van der Waals surface area contributed by atoms with Crippen molar-refractivity contribution < 1.29 is 13.2 Å². The highest BCUT2D eigenvalue weighted by molar-refractivity contribution is 4.72. The monoisotopic (exact) mass is 212 g/mol. The zero-order valence-electron chi connectivity index (χ0n) is 8.93. The van der Waals surface area contributed by atoms with Crippen molar-refractivity contribution in [2.24, 2.45) is 11.7 Å². The normalized spacial score (nSPS) is 15.2. The highest BCUT2D eigenvalue weighted by Gasteiger charge is 2.30. The molecule has 86 valence electrons. The maximum atomic E-state index is 12.1. The lowest BCUT2D eigenvalue weighted by atomic mass is 10.1. The molecule has 14 heavy (non-hydrogen) atoms. The Kier molecular flexibility index (Phi) is 5.44. The van der Waals surface area contributed by atoms with Crippen LogP contribution in [-0.2, 0) is 0 Å². The predicted octanol–water partition coefficient (Wildman–Crippen LogP) is 1.85. The van der Waals surface area contributed by atoms with E-state index in [9.17, 15) is 13.2 Å². The zero-order valence-corrected chi connectivity index (χ0v) is 8.93. The fourth-order valence-electron chi connectivity index (χ4n) is 1.07. The number of likely N-dealkylation sites (N-methyl/N-ethyl adjacent to an activating group) is 1. The summed E-state index contributed by atoms with van der Waals surface area (Å²) in [7, 11) is 0. The summed E-state index contributed by atoms with van der Waals surface area (Å²) in [6, 6.07) is -0.197. The largest absolute Gasteiger partial charge is 0.401 e. The van der Waals surface area contributed by atoms with Crippen molar-refractivity contribution >= 4 is 0 Å². The van der Waals surface area contributed by atoms with Gasteiger partial charge in [0.15, 0.2) is 0 Å². The Morgan fingerprint density at radius 3 is 2.07 bits per heavy atom. The average molecular weight is 212 g/mol. The van der Waals surface area contributed by atoms with Gasteiger partial charge in [-0.05, 0) is 12.5 Å². The van der Waals surface area contributed by atoms with E-state index in [2.05, 4.69) is 0 Å². The highest BCUT2D eigenvalue weighted by Crippen LogP contribution is 2.16. The maximum absolute atomic E-state index is 12.1. The van der Waals surface area contributed by atoms with E-state index in [0.29, 0.717) is 13.1 Å². The molecule has 0 fully saturated rings. The smallest absolute Gasteiger partial charge is 0.326 e. The van der Waals surface area contributed by atoms with Crippen molar-refractivity contribution in [1.29, 1.82) is 0 Å². The molecule has 0 aromatic carbocycles. The molecule has 0 aliphatic rings. The van der Waals surface area contributed by atoms with Crippen molar-refractivity contribution in [3.63, 3.8) is 0 Å². The van der Waals surface area contributed by atoms with Crippen LogP contribution in [0.2, 0.25) is 0 Å². The Morgan fingerprint density at radius 1 is 1.29 bits per heavy atom. The van der Waals surface area contributed by atoms with E-state index in [1.807, 2.05) is 13.8 Å². The first-order valence-electron chi connectivity index (χ1n) is 4.81. The Hall–Kier alpha value is -0.290. The molecule has 0 amide bonds. The minimum absolute atomic E-state index is 0.197. The third-order valence-corrected chi connectivity index (χ3v) is 2.18. The number of rotatable bonds is 5. The molecule has 0 saturated carbocycles. The van der Waals surface area contributed by atoms with E-state index in [-0.39, 0.29) is 12.0 Å². The summed E-state index contributed by atoms with van der Waals surface area (Å²) in [5.41, 5.74) is 5.70. The van der Waals surface area contributed by atoms with E-state index in [4.69, 9.17) is 5.73 Å². The van der Waals surface area contributed by atoms with Crippen LogP contribution >= 0.6 is 0 Å². The van der Waals surface area contributed by atoms with Crippen LogP contribution in [0.4, 0.5) is 13.2 Å². The fraction of sp³-hybridized carbons (Fsp3) is 1.00. The second kappa shape index (κ2) is 5.56. The number of nitrogens with zero attached hydrogens (tertiary/aromatic N) is 1. The van der Waals surface area contributed by atoms with E-state index >= 15 is 0 Å². The first-order valence-corrected chi connectivity index (χ1v) is 4.81. The highest BCUT2D eigenvalue weighted by atomic mass is 19.4. The standard InChI is InChI=1S/C9H19F3N2/c1-4-14(6-9(10,11)12)5-8(13)7(2)3/h7-8H,4-6,13H2,1-3H3. The number of alkyl halides is 3. The lowest BCUT2D eigenvalue weighted by Crippen LogP contribution is -2.44. The van der Waals surface area contributed by atoms with Crippen LogP contribution in [0, 0.1) is 5.92 Å². The van der Waals surface area contributed by atoms with Crippen molar-refractivity contribution in [1.82, 2.24) is 4.90 Å². The molecule has 5 heteroatoms. The molecular formula is C9H19F3N2. The molecule has 0 aromatic rings. The van der Waals surface area contributed by atoms with Gasteiger partial charge in [-0.25, -0.2) is 0 Å². The third-order valence-electron chi connectivity index (χ3n) is 2.18. The van der Waals surface area contributed by atoms with Crippen LogP contribution in [-0.4, -0.2) is 36.8 Å². The van der Waals surface area contributed by atoms with Crippen LogP contribution in [0.5, 0.6) is 0 Å². The minimum atomic E-state index is -4.13. The quantitative estimate of drug-likeness (QED) is 0.753. The van der Waals surface area contributed by atoms with Gasteiger partial charge in [-0.1, -0.05) is 20.8 Å². The Balaban J connectivity index is 4.03. The van der Waals surface area contributed by atoms with Gasteiger partial charge in [0, 0.05) is 12.6 Å². The van der Waals surface area contributed by atoms with Gasteiger partial charge in [0.25, 0.3) is 0 Å². The molecule has 0 aliphatic carbocycles. The summed E-state index contributed by atoms with van der Waals surface area (Å²) in [5.74, 6) is 0.206. The molecule has 2 nitrogen and oxygen atoms in total. The van der Waals surface area contributed by atoms with Crippen molar-refractivity contribution in [2.75, 3.05) is 19.6 Å². The molecule has 0 saturated heterocycles. The molecular weight excluding hydrogens is 193 g/mol. The number of hydrogen-bond donors (Lipinski definition) is 1. The van der Waals surface area contributed by atoms with Gasteiger partial charge in [-0.15, -0.1) is 0 Å². The van der Waals surface area contributed by atoms with Crippen molar-refractivity contribution in [3.05, 3.63) is 0 Å². The van der Waals surface area contributed by atoms with Gasteiger partial charge in [0.1, 0.15) is 0 Å². The minimum Gasteiger partial charge on any atom is -0.326 e. The average Bonchev–Trinajstić information content (AvgIpc) is 2.00. The molecule has 0 bridgehead atoms. The second-order valence-corrected chi connectivity index (χ2v) is 3.85. The molecule has 0 aliphatic heterocycles. The molecule has 0 radical (unpaired) electrons. The summed E-state index contributed by atoms with van der Waals surface area (Å²) >= 11 is 0. The topological polar surface area (TPSA) is 29.3 Å². The van der Waals surface area contributed by atoms with Crippen molar-refractivity contribution in [3.8, 4) is 0 Å². The fourth-order valence-corrected chi connectivity index (χ4v) is 1.07. The van der Waals surface area contributed by atoms with Crippen LogP contribution in [0.3, 0.4) is 0 Å². The van der Waals surface area contributed by atoms with E-state index in [1.54, 1.807) is 6.92 Å². The maximum Gasteiger partial charge on any atom is 0.401 e. The van der Waals surface area contributed by atoms with Gasteiger partial charge in [-0.2, -0.15) is 13.2 Å². The Bertz CT molecular complexity index is 157. The van der Waals surface area contributed by atoms with E-state index in [1.165, 1.54) is 4.90 Å². The molecule has 0 rings (SSSR count). The summed E-state index contributed by atoms with van der Waals surface area (Å²) in [5, 5.41) is 0. The summed E-state index contributed by atoms with van der Waals surface area (Å²) in [4.78, 5) is 1.32. The van der Waals surface area contributed by atoms with Gasteiger partial charge in [-0.3, -0.25) is 4.90 Å². The SMILES string of the molecule is CCN(CC(N)C(C)C)CC(F)(F)F. The van der Waals surface area contributed by atoms with Gasteiger partial charge in [0.2, 0.25) is 0 Å². The van der Waals surface area contributed by atoms with Gasteiger partial charge in [0.05, 0.1) is 6.54 Å². The molecule has 0 spiro atoms. The van der Waals surface area contributed by atoms with Crippen molar-refractivity contribution in [2.45, 2.75) is 33.0 Å². The lowest BCUT2D eigenvalue weighted by molar-refractivity contribution is -0.146. The van der Waals surface area contributed by atoms with Crippen LogP contribution in [0.1, 0.15) is 20.8 Å². The van der Waals surface area contributed by atoms with Gasteiger partial charge < -0.3 is 5.73 Å². The lowest BCUT2D eigenvalue weighted by Gasteiger charge is -2.26. The second-order valence-electron chi connectivity index (χ2n) is 3.85. The number of hydrogen-bond acceptors (Lipinski definition) is 2. The van der Waals surface area contributed by atoms with Crippen LogP contribution < -0.4 is 5.73 Å². The molecule has 1 atom stereocenters. The summed E-state index contributed by atoms with van der Waals surface area (Å²) < 4.78 is 36.2. The van der Waals surface area contributed by atoms with E-state index < -0.39 is 12.7 Å². The third kappa shape index (κ3) is 6.21. The van der Waals surface area contributed by atoms with Crippen LogP contribution in [0.25, 0.3) is 0 Å². The van der Waals surface area contributed by atoms with Gasteiger partial charge >= 0.3 is 6.18 Å². The molecule has 0 heterocycles. The Labute approximate surface area is 83.3 Å². The number of halogens is 3. The molecule has 0 aromatic heterocycles. The first kappa shape index (κ1) is 13.7. The zero-order chi connectivity index (χ0) is 11.4. The predicted molar refractivity (Wildman–Crippen MR) is 51.0 cm³/mol. The molecule has 1 unspecified atom stereocenters. The molecule has 2 N–H and O–H groups in total. The summed E-state index contributed by atoms with van der Waals surface area (Å²) in [6.07, 6.45) is -4.13. The summed E-state index contributed by atoms with van der Waals surface area (Å²) in [6.45, 7) is 5.33. The van der Waals surface area contributed by atoms with E-state index in [0.717, 1.165) is 0 Å². The first-order chi connectivity index (χ1) is 6.26. The van der Waals surface area contributed by atoms with Crippen LogP contribution in [0.15, 0.2) is 0 Å².